The summed E-state index contributed by atoms with van der Waals surface area (Å²) in [6.45, 7) is 5.85. The van der Waals surface area contributed by atoms with E-state index in [-0.39, 0.29) is 0 Å². The van der Waals surface area contributed by atoms with Crippen LogP contribution in [0.4, 0.5) is 5.95 Å². The van der Waals surface area contributed by atoms with E-state index in [0.717, 1.165) is 31.2 Å². The molecule has 0 amide bonds. The summed E-state index contributed by atoms with van der Waals surface area (Å²) in [6.07, 6.45) is 4.77. The number of nitrogens with zero attached hydrogens (tertiary/aromatic N) is 2. The Balaban J connectivity index is 2.14. The molecule has 0 aliphatic rings. The van der Waals surface area contributed by atoms with Crippen molar-refractivity contribution in [3.05, 3.63) is 41.7 Å². The number of rotatable bonds is 6. The Morgan fingerprint density at radius 3 is 2.89 bits per heavy atom. The Hall–Kier alpha value is -1.81. The largest absolute Gasteiger partial charge is 0.385 e. The molecule has 1 N–H and O–H groups in total. The highest BCUT2D eigenvalue weighted by molar-refractivity contribution is 5.48. The van der Waals surface area contributed by atoms with Gasteiger partial charge in [-0.15, -0.1) is 0 Å². The molecule has 0 unspecified atom stereocenters. The number of methoxy groups -OCH3 is 1. The summed E-state index contributed by atoms with van der Waals surface area (Å²) >= 11 is 0. The number of ether oxygens (including phenoxy) is 1. The number of hydrogen-bond acceptors (Lipinski definition) is 3. The van der Waals surface area contributed by atoms with Gasteiger partial charge in [0.15, 0.2) is 0 Å². The fourth-order valence-corrected chi connectivity index (χ4v) is 2.12. The van der Waals surface area contributed by atoms with Gasteiger partial charge in [0.05, 0.1) is 5.69 Å². The van der Waals surface area contributed by atoms with E-state index in [1.54, 1.807) is 7.11 Å². The second-order valence-electron chi connectivity index (χ2n) is 4.68. The van der Waals surface area contributed by atoms with Crippen LogP contribution >= 0.6 is 0 Å². The van der Waals surface area contributed by atoms with Crippen molar-refractivity contribution in [1.29, 1.82) is 0 Å². The summed E-state index contributed by atoms with van der Waals surface area (Å²) < 4.78 is 7.13. The topological polar surface area (TPSA) is 39.1 Å². The molecule has 0 radical (unpaired) electrons. The molecule has 102 valence electrons. The van der Waals surface area contributed by atoms with Crippen LogP contribution in [0.15, 0.2) is 30.6 Å². The van der Waals surface area contributed by atoms with Gasteiger partial charge in [-0.3, -0.25) is 4.57 Å². The smallest absolute Gasteiger partial charge is 0.207 e. The second-order valence-corrected chi connectivity index (χ2v) is 4.68. The van der Waals surface area contributed by atoms with Crippen LogP contribution in [0.5, 0.6) is 0 Å². The summed E-state index contributed by atoms with van der Waals surface area (Å²) in [6, 6.07) is 6.44. The summed E-state index contributed by atoms with van der Waals surface area (Å²) in [7, 11) is 1.72. The van der Waals surface area contributed by atoms with E-state index in [0.29, 0.717) is 0 Å². The number of imidazole rings is 1. The van der Waals surface area contributed by atoms with E-state index < -0.39 is 0 Å². The standard InChI is InChI=1S/C15H21N3O/c1-12-5-6-14(13(2)11-12)18-9-8-17-15(18)16-7-4-10-19-3/h5-6,8-9,11H,4,7,10H2,1-3H3,(H,16,17). The lowest BCUT2D eigenvalue weighted by atomic mass is 10.1. The van der Waals surface area contributed by atoms with Crippen molar-refractivity contribution in [2.24, 2.45) is 0 Å². The molecule has 0 saturated carbocycles. The van der Waals surface area contributed by atoms with E-state index in [2.05, 4.69) is 46.9 Å². The number of anilines is 1. The number of hydrogen-bond donors (Lipinski definition) is 1. The monoisotopic (exact) mass is 259 g/mol. The highest BCUT2D eigenvalue weighted by Gasteiger charge is 2.06. The highest BCUT2D eigenvalue weighted by Crippen LogP contribution is 2.19. The SMILES string of the molecule is COCCCNc1nccn1-c1ccc(C)cc1C. The minimum atomic E-state index is 0.761. The molecule has 0 bridgehead atoms. The van der Waals surface area contributed by atoms with Gasteiger partial charge in [-0.25, -0.2) is 4.98 Å². The van der Waals surface area contributed by atoms with Gasteiger partial charge in [-0.05, 0) is 31.9 Å². The zero-order chi connectivity index (χ0) is 13.7. The molecule has 0 aliphatic heterocycles. The van der Waals surface area contributed by atoms with Gasteiger partial charge in [0.25, 0.3) is 0 Å². The van der Waals surface area contributed by atoms with Gasteiger partial charge < -0.3 is 10.1 Å². The molecule has 2 aromatic rings. The molecule has 4 heteroatoms. The Morgan fingerprint density at radius 1 is 1.32 bits per heavy atom. The van der Waals surface area contributed by atoms with E-state index in [9.17, 15) is 0 Å². The van der Waals surface area contributed by atoms with Crippen LogP contribution in [0.3, 0.4) is 0 Å². The zero-order valence-corrected chi connectivity index (χ0v) is 11.8. The predicted octanol–water partition coefficient (Wildman–Crippen LogP) is 2.94. The van der Waals surface area contributed by atoms with E-state index in [4.69, 9.17) is 4.74 Å². The Kier molecular flexibility index (Phi) is 4.58. The maximum atomic E-state index is 5.04. The molecular weight excluding hydrogens is 238 g/mol. The molecule has 0 spiro atoms. The van der Waals surface area contributed by atoms with Crippen LogP contribution in [0, 0.1) is 13.8 Å². The lowest BCUT2D eigenvalue weighted by Crippen LogP contribution is -2.10. The van der Waals surface area contributed by atoms with Crippen molar-refractivity contribution in [3.63, 3.8) is 0 Å². The summed E-state index contributed by atoms with van der Waals surface area (Å²) in [5.41, 5.74) is 3.69. The van der Waals surface area contributed by atoms with Gasteiger partial charge in [0.2, 0.25) is 5.95 Å². The molecule has 4 nitrogen and oxygen atoms in total. The molecular formula is C15H21N3O. The highest BCUT2D eigenvalue weighted by atomic mass is 16.5. The average molecular weight is 259 g/mol. The van der Waals surface area contributed by atoms with E-state index >= 15 is 0 Å². The summed E-state index contributed by atoms with van der Waals surface area (Å²) in [5, 5.41) is 3.34. The summed E-state index contributed by atoms with van der Waals surface area (Å²) in [5.74, 6) is 0.878. The number of benzene rings is 1. The molecule has 1 heterocycles. The third-order valence-corrected chi connectivity index (χ3v) is 3.06. The van der Waals surface area contributed by atoms with E-state index in [1.807, 2.05) is 12.4 Å². The van der Waals surface area contributed by atoms with Crippen molar-refractivity contribution in [2.45, 2.75) is 20.3 Å². The van der Waals surface area contributed by atoms with Gasteiger partial charge in [-0.1, -0.05) is 17.7 Å². The maximum Gasteiger partial charge on any atom is 0.207 e. The lowest BCUT2D eigenvalue weighted by Gasteiger charge is -2.12. The van der Waals surface area contributed by atoms with E-state index in [1.165, 1.54) is 11.1 Å². The van der Waals surface area contributed by atoms with Gasteiger partial charge in [0.1, 0.15) is 0 Å². The molecule has 0 saturated heterocycles. The van der Waals surface area contributed by atoms with Crippen LogP contribution in [0.2, 0.25) is 0 Å². The first-order valence-corrected chi connectivity index (χ1v) is 6.56. The number of aromatic nitrogens is 2. The normalized spacial score (nSPS) is 10.7. The fraction of sp³-hybridized carbons (Fsp3) is 0.400. The van der Waals surface area contributed by atoms with Crippen molar-refractivity contribution in [1.82, 2.24) is 9.55 Å². The summed E-state index contributed by atoms with van der Waals surface area (Å²) in [4.78, 5) is 4.36. The molecule has 0 fully saturated rings. The fourth-order valence-electron chi connectivity index (χ4n) is 2.12. The third-order valence-electron chi connectivity index (χ3n) is 3.06. The first-order valence-electron chi connectivity index (χ1n) is 6.56. The van der Waals surface area contributed by atoms with Crippen LogP contribution in [-0.2, 0) is 4.74 Å². The molecule has 19 heavy (non-hydrogen) atoms. The Morgan fingerprint density at radius 2 is 2.16 bits per heavy atom. The van der Waals surface area contributed by atoms with Crippen molar-refractivity contribution in [2.75, 3.05) is 25.6 Å². The van der Waals surface area contributed by atoms with Crippen molar-refractivity contribution >= 4 is 5.95 Å². The minimum Gasteiger partial charge on any atom is -0.385 e. The first-order chi connectivity index (χ1) is 9.22. The van der Waals surface area contributed by atoms with Gasteiger partial charge in [0, 0.05) is 32.7 Å². The average Bonchev–Trinajstić information content (AvgIpc) is 2.83. The lowest BCUT2D eigenvalue weighted by molar-refractivity contribution is 0.197. The predicted molar refractivity (Wildman–Crippen MR) is 78.0 cm³/mol. The van der Waals surface area contributed by atoms with Gasteiger partial charge >= 0.3 is 0 Å². The number of nitrogens with one attached hydrogen (secondary N) is 1. The third kappa shape index (κ3) is 3.35. The first kappa shape index (κ1) is 13.6. The Bertz CT molecular complexity index is 534. The Labute approximate surface area is 114 Å². The molecule has 1 aromatic heterocycles. The molecule has 0 atom stereocenters. The minimum absolute atomic E-state index is 0.761. The molecule has 2 rings (SSSR count). The van der Waals surface area contributed by atoms with Crippen molar-refractivity contribution in [3.8, 4) is 5.69 Å². The molecule has 1 aromatic carbocycles. The van der Waals surface area contributed by atoms with Crippen LogP contribution in [-0.4, -0.2) is 29.8 Å². The van der Waals surface area contributed by atoms with Crippen LogP contribution in [0.1, 0.15) is 17.5 Å². The van der Waals surface area contributed by atoms with Crippen molar-refractivity contribution < 1.29 is 4.74 Å². The quantitative estimate of drug-likeness (QED) is 0.811. The second kappa shape index (κ2) is 6.38. The van der Waals surface area contributed by atoms with Crippen LogP contribution in [0.25, 0.3) is 5.69 Å². The zero-order valence-electron chi connectivity index (χ0n) is 11.8. The van der Waals surface area contributed by atoms with Gasteiger partial charge in [-0.2, -0.15) is 0 Å². The van der Waals surface area contributed by atoms with Crippen LogP contribution < -0.4 is 5.32 Å². The maximum absolute atomic E-state index is 5.04. The molecule has 0 aliphatic carbocycles. The number of aryl methyl sites for hydroxylation is 2.